The topological polar surface area (TPSA) is 24.1 Å². The molecule has 2 nitrogen and oxygen atoms in total. The molecule has 0 bridgehead atoms. The molecule has 0 atom stereocenters. The molecule has 0 saturated carbocycles. The monoisotopic (exact) mass is 142 g/mol. The summed E-state index contributed by atoms with van der Waals surface area (Å²) in [6.07, 6.45) is 0. The van der Waals surface area contributed by atoms with Crippen molar-refractivity contribution >= 4 is 38.1 Å². The van der Waals surface area contributed by atoms with E-state index in [1.807, 2.05) is 5.79 Å². The van der Waals surface area contributed by atoms with E-state index in [1.165, 1.54) is 0 Å². The molecule has 0 radical (unpaired) electrons. The zero-order valence-corrected chi connectivity index (χ0v) is 6.00. The summed E-state index contributed by atoms with van der Waals surface area (Å²) in [6.45, 7) is 0. The van der Waals surface area contributed by atoms with Crippen LogP contribution in [-0.4, -0.2) is 14.6 Å². The van der Waals surface area contributed by atoms with Gasteiger partial charge in [0.05, 0.1) is 0 Å². The highest BCUT2D eigenvalue weighted by atomic mass is 35.5. The molecule has 0 aliphatic rings. The summed E-state index contributed by atoms with van der Waals surface area (Å²) in [7, 11) is 0. The summed E-state index contributed by atoms with van der Waals surface area (Å²) in [4.78, 5) is 0. The molecule has 0 amide bonds. The van der Waals surface area contributed by atoms with Gasteiger partial charge in [0.2, 0.25) is 0 Å². The molecule has 5 heteroatoms. The maximum absolute atomic E-state index is 5.12. The van der Waals surface area contributed by atoms with E-state index in [9.17, 15) is 0 Å². The third-order valence-corrected chi connectivity index (χ3v) is 2.95. The van der Waals surface area contributed by atoms with E-state index in [2.05, 4.69) is 7.64 Å². The smallest absolute Gasteiger partial charge is 0.297 e. The largest absolute Gasteiger partial charge is 0.509 e. The summed E-state index contributed by atoms with van der Waals surface area (Å²) in [6, 6.07) is 0. The lowest BCUT2D eigenvalue weighted by molar-refractivity contribution is 1.39. The van der Waals surface area contributed by atoms with Crippen molar-refractivity contribution < 1.29 is 0 Å². The second-order valence-corrected chi connectivity index (χ2v) is 4.13. The van der Waals surface area contributed by atoms with E-state index in [-0.39, 0.29) is 0 Å². The van der Waals surface area contributed by atoms with Crippen molar-refractivity contribution in [2.75, 3.05) is 0 Å². The lowest BCUT2D eigenvalue weighted by Gasteiger charge is -1.90. The van der Waals surface area contributed by atoms with E-state index >= 15 is 0 Å². The normalized spacial score (nSPS) is 8.50. The molecule has 0 rings (SSSR count). The fourth-order valence-electron chi connectivity index (χ4n) is 0.0206. The summed E-state index contributed by atoms with van der Waals surface area (Å²) in [5, 5.41) is 0. The maximum atomic E-state index is 5.12. The van der Waals surface area contributed by atoms with Crippen LogP contribution in [0.3, 0.4) is 0 Å². The predicted octanol–water partition coefficient (Wildman–Crippen LogP) is 0.591. The van der Waals surface area contributed by atoms with Crippen LogP contribution in [0.25, 0.3) is 0 Å². The van der Waals surface area contributed by atoms with Gasteiger partial charge in [-0.05, 0) is 23.6 Å². The van der Waals surface area contributed by atoms with E-state index in [1.54, 1.807) is 0 Å². The van der Waals surface area contributed by atoms with Crippen LogP contribution in [0.5, 0.6) is 0 Å². The molecule has 0 aliphatic carbocycles. The Morgan fingerprint density at radius 1 is 1.33 bits per heavy atom. The molecule has 36 valence electrons. The Balaban J connectivity index is 2.75. The quantitative estimate of drug-likeness (QED) is 0.436. The Bertz CT molecular complexity index is 30.7. The van der Waals surface area contributed by atoms with Crippen molar-refractivity contribution in [1.82, 2.24) is 7.64 Å². The average molecular weight is 143 g/mol. The molecule has 0 aromatic rings. The lowest BCUT2D eigenvalue weighted by Crippen LogP contribution is -2.33. The van der Waals surface area contributed by atoms with Gasteiger partial charge in [-0.1, -0.05) is 5.79 Å². The van der Waals surface area contributed by atoms with E-state index < -0.39 is 14.6 Å². The molecule has 0 spiro atoms. The van der Waals surface area contributed by atoms with Gasteiger partial charge in [0, 0.05) is 0 Å². The zero-order valence-electron chi connectivity index (χ0n) is 3.33. The molecule has 0 unspecified atom stereocenters. The number of halogens is 2. The highest BCUT2D eigenvalue weighted by molar-refractivity contribution is 6.64. The summed E-state index contributed by atoms with van der Waals surface area (Å²) in [5.74, 6) is 1.93. The number of hydrogen-bond acceptors (Lipinski definition) is 2. The van der Waals surface area contributed by atoms with Gasteiger partial charge in [-0.25, -0.2) is 0 Å². The van der Waals surface area contributed by atoms with E-state index in [0.717, 1.165) is 0 Å². The van der Waals surface area contributed by atoms with E-state index in [0.29, 0.717) is 0 Å². The van der Waals surface area contributed by atoms with Crippen molar-refractivity contribution in [2.45, 2.75) is 5.79 Å². The molecule has 2 N–H and O–H groups in total. The first-order valence-electron chi connectivity index (χ1n) is 1.53. The molecular formula is CH5AlCl2N2. The SMILES string of the molecule is [CH3][Al]([NH]Cl)[NH]Cl. The van der Waals surface area contributed by atoms with Crippen LogP contribution >= 0.6 is 23.6 Å². The lowest BCUT2D eigenvalue weighted by atomic mass is 11.9. The van der Waals surface area contributed by atoms with Crippen molar-refractivity contribution in [3.63, 3.8) is 0 Å². The van der Waals surface area contributed by atoms with Gasteiger partial charge in [-0.15, -0.1) is 0 Å². The minimum atomic E-state index is -1.13. The minimum Gasteiger partial charge on any atom is -0.297 e. The fourth-order valence-corrected chi connectivity index (χ4v) is 0.557. The molecule has 0 aromatic heterocycles. The van der Waals surface area contributed by atoms with Crippen molar-refractivity contribution in [1.29, 1.82) is 0 Å². The van der Waals surface area contributed by atoms with Crippen LogP contribution in [0.1, 0.15) is 0 Å². The van der Waals surface area contributed by atoms with Crippen LogP contribution in [0.4, 0.5) is 0 Å². The highest BCUT2D eigenvalue weighted by Gasteiger charge is 2.05. The van der Waals surface area contributed by atoms with Gasteiger partial charge in [0.1, 0.15) is 0 Å². The molecule has 0 fully saturated rings. The Morgan fingerprint density at radius 3 is 1.67 bits per heavy atom. The summed E-state index contributed by atoms with van der Waals surface area (Å²) in [5.41, 5.74) is 0. The number of rotatable bonds is 2. The van der Waals surface area contributed by atoms with Crippen LogP contribution < -0.4 is 7.64 Å². The van der Waals surface area contributed by atoms with Gasteiger partial charge >= 0.3 is 14.6 Å². The first kappa shape index (κ1) is 7.03. The fraction of sp³-hybridized carbons (Fsp3) is 1.00. The number of hydrogen-bond donors (Lipinski definition) is 2. The zero-order chi connectivity index (χ0) is 4.99. The van der Waals surface area contributed by atoms with E-state index in [4.69, 9.17) is 23.6 Å². The second kappa shape index (κ2) is 4.20. The third-order valence-electron chi connectivity index (χ3n) is 0.327. The molecule has 0 saturated heterocycles. The molecular weight excluding hydrogens is 138 g/mol. The Kier molecular flexibility index (Phi) is 4.92. The van der Waals surface area contributed by atoms with Crippen molar-refractivity contribution in [3.8, 4) is 0 Å². The Hall–Kier alpha value is 1.03. The molecule has 0 heterocycles. The minimum absolute atomic E-state index is 1.13. The van der Waals surface area contributed by atoms with Gasteiger partial charge < -0.3 is 0 Å². The van der Waals surface area contributed by atoms with Crippen LogP contribution in [-0.2, 0) is 0 Å². The Morgan fingerprint density at radius 2 is 1.67 bits per heavy atom. The first-order chi connectivity index (χ1) is 2.81. The summed E-state index contributed by atoms with van der Waals surface area (Å²) >= 11 is 9.10. The molecule has 0 aliphatic heterocycles. The van der Waals surface area contributed by atoms with Crippen LogP contribution in [0.15, 0.2) is 0 Å². The second-order valence-electron chi connectivity index (χ2n) is 0.940. The van der Waals surface area contributed by atoms with Crippen molar-refractivity contribution in [2.24, 2.45) is 0 Å². The maximum Gasteiger partial charge on any atom is 0.509 e. The molecule has 0 aromatic carbocycles. The van der Waals surface area contributed by atoms with Gasteiger partial charge in [0.15, 0.2) is 0 Å². The van der Waals surface area contributed by atoms with Crippen molar-refractivity contribution in [3.05, 3.63) is 0 Å². The van der Waals surface area contributed by atoms with Gasteiger partial charge in [-0.3, -0.25) is 7.64 Å². The predicted molar refractivity (Wildman–Crippen MR) is 29.6 cm³/mol. The standard InChI is InChI=1S/CH3.Al.2ClHN/c;;2*1-2/h1H3;;2*2H/q;+2;2*-1. The third kappa shape index (κ3) is 3.23. The summed E-state index contributed by atoms with van der Waals surface area (Å²) < 4.78 is 4.97. The highest BCUT2D eigenvalue weighted by Crippen LogP contribution is 1.70. The Labute approximate surface area is 51.9 Å². The molecule has 6 heavy (non-hydrogen) atoms. The van der Waals surface area contributed by atoms with Gasteiger partial charge in [0.25, 0.3) is 0 Å². The van der Waals surface area contributed by atoms with Crippen LogP contribution in [0, 0.1) is 0 Å². The van der Waals surface area contributed by atoms with Crippen LogP contribution in [0.2, 0.25) is 5.79 Å². The average Bonchev–Trinajstić information content (AvgIpc) is 1.65. The first-order valence-corrected chi connectivity index (χ1v) is 4.60. The van der Waals surface area contributed by atoms with Gasteiger partial charge in [-0.2, -0.15) is 0 Å². The number of nitrogens with one attached hydrogen (secondary N) is 2.